The molecule has 47 heavy (non-hydrogen) atoms. The van der Waals surface area contributed by atoms with Gasteiger partial charge in [-0.3, -0.25) is 0 Å². The standard InChI is InChI=1S/C47H36/c1-29-24-30(2)26-34(25-29)46-39-17-8-7-16-38(39)45(33-21-23-44-41(28-33)37-15-9-10-19-43(37)47(44,3)4)42-27-32(20-22-40(42)46)36-18-11-13-31-12-5-6-14-35(31)36/h5-28H,1-4H3. The monoisotopic (exact) mass is 600 g/mol. The first-order valence-electron chi connectivity index (χ1n) is 16.7. The molecular weight excluding hydrogens is 565 g/mol. The van der Waals surface area contributed by atoms with Gasteiger partial charge in [0, 0.05) is 5.41 Å². The summed E-state index contributed by atoms with van der Waals surface area (Å²) >= 11 is 0. The van der Waals surface area contributed by atoms with E-state index in [-0.39, 0.29) is 5.41 Å². The Balaban J connectivity index is 1.41. The molecule has 0 bridgehead atoms. The van der Waals surface area contributed by atoms with Gasteiger partial charge < -0.3 is 0 Å². The van der Waals surface area contributed by atoms with Crippen LogP contribution >= 0.6 is 0 Å². The highest BCUT2D eigenvalue weighted by atomic mass is 14.4. The maximum atomic E-state index is 2.46. The molecule has 0 atom stereocenters. The summed E-state index contributed by atoms with van der Waals surface area (Å²) in [6.07, 6.45) is 0. The minimum Gasteiger partial charge on any atom is -0.0619 e. The van der Waals surface area contributed by atoms with Crippen LogP contribution < -0.4 is 0 Å². The summed E-state index contributed by atoms with van der Waals surface area (Å²) in [5.41, 5.74) is 15.7. The van der Waals surface area contributed by atoms with Crippen LogP contribution in [0.25, 0.3) is 76.8 Å². The molecule has 0 fully saturated rings. The van der Waals surface area contributed by atoms with Crippen molar-refractivity contribution in [3.63, 3.8) is 0 Å². The molecule has 0 N–H and O–H groups in total. The predicted molar refractivity (Wildman–Crippen MR) is 202 cm³/mol. The number of rotatable bonds is 3. The van der Waals surface area contributed by atoms with Crippen molar-refractivity contribution in [3.8, 4) is 44.5 Å². The Morgan fingerprint density at radius 1 is 0.362 bits per heavy atom. The minimum atomic E-state index is -0.0248. The summed E-state index contributed by atoms with van der Waals surface area (Å²) in [6.45, 7) is 9.13. The van der Waals surface area contributed by atoms with Crippen LogP contribution in [0, 0.1) is 13.8 Å². The van der Waals surface area contributed by atoms with Crippen LogP contribution in [0.5, 0.6) is 0 Å². The molecule has 0 nitrogen and oxygen atoms in total. The Morgan fingerprint density at radius 2 is 0.936 bits per heavy atom. The van der Waals surface area contributed by atoms with Gasteiger partial charge in [-0.05, 0) is 114 Å². The van der Waals surface area contributed by atoms with Gasteiger partial charge in [-0.15, -0.1) is 0 Å². The Labute approximate surface area is 277 Å². The number of benzene rings is 8. The van der Waals surface area contributed by atoms with E-state index in [1.807, 2.05) is 0 Å². The van der Waals surface area contributed by atoms with Gasteiger partial charge in [0.1, 0.15) is 0 Å². The van der Waals surface area contributed by atoms with Gasteiger partial charge in [0.2, 0.25) is 0 Å². The van der Waals surface area contributed by atoms with Crippen LogP contribution in [0.15, 0.2) is 146 Å². The molecule has 8 aromatic carbocycles. The van der Waals surface area contributed by atoms with E-state index in [1.165, 1.54) is 99.1 Å². The van der Waals surface area contributed by atoms with Crippen LogP contribution in [0.3, 0.4) is 0 Å². The second-order valence-corrected chi connectivity index (χ2v) is 13.9. The molecule has 0 saturated carbocycles. The van der Waals surface area contributed by atoms with Crippen molar-refractivity contribution in [2.45, 2.75) is 33.1 Å². The van der Waals surface area contributed by atoms with Gasteiger partial charge >= 0.3 is 0 Å². The highest BCUT2D eigenvalue weighted by Crippen LogP contribution is 2.51. The zero-order valence-corrected chi connectivity index (χ0v) is 27.4. The summed E-state index contributed by atoms with van der Waals surface area (Å²) in [7, 11) is 0. The molecule has 9 rings (SSSR count). The molecule has 0 aromatic heterocycles. The fraction of sp³-hybridized carbons (Fsp3) is 0.106. The van der Waals surface area contributed by atoms with Crippen molar-refractivity contribution in [2.24, 2.45) is 0 Å². The molecule has 0 amide bonds. The smallest absolute Gasteiger partial charge is 0.0158 e. The average molecular weight is 601 g/mol. The third kappa shape index (κ3) is 4.21. The number of hydrogen-bond donors (Lipinski definition) is 0. The molecule has 0 spiro atoms. The normalized spacial score (nSPS) is 13.3. The first-order valence-corrected chi connectivity index (χ1v) is 16.7. The van der Waals surface area contributed by atoms with Crippen molar-refractivity contribution < 1.29 is 0 Å². The van der Waals surface area contributed by atoms with Gasteiger partial charge in [-0.2, -0.15) is 0 Å². The van der Waals surface area contributed by atoms with Gasteiger partial charge in [-0.25, -0.2) is 0 Å². The van der Waals surface area contributed by atoms with Gasteiger partial charge in [0.05, 0.1) is 0 Å². The lowest BCUT2D eigenvalue weighted by Gasteiger charge is -2.22. The van der Waals surface area contributed by atoms with Crippen LogP contribution in [0.1, 0.15) is 36.1 Å². The third-order valence-corrected chi connectivity index (χ3v) is 10.5. The summed E-state index contributed by atoms with van der Waals surface area (Å²) in [5.74, 6) is 0. The summed E-state index contributed by atoms with van der Waals surface area (Å²) in [5, 5.41) is 7.69. The van der Waals surface area contributed by atoms with Gasteiger partial charge in [0.25, 0.3) is 0 Å². The lowest BCUT2D eigenvalue weighted by atomic mass is 9.81. The summed E-state index contributed by atoms with van der Waals surface area (Å²) in [4.78, 5) is 0. The van der Waals surface area contributed by atoms with Crippen molar-refractivity contribution in [1.82, 2.24) is 0 Å². The van der Waals surface area contributed by atoms with Crippen LogP contribution in [0.4, 0.5) is 0 Å². The van der Waals surface area contributed by atoms with Crippen LogP contribution in [-0.2, 0) is 5.41 Å². The lowest BCUT2D eigenvalue weighted by molar-refractivity contribution is 0.660. The second kappa shape index (κ2) is 10.3. The zero-order valence-electron chi connectivity index (χ0n) is 27.4. The molecule has 0 aliphatic heterocycles. The first kappa shape index (κ1) is 27.8. The third-order valence-electron chi connectivity index (χ3n) is 10.5. The largest absolute Gasteiger partial charge is 0.0619 e. The van der Waals surface area contributed by atoms with Crippen molar-refractivity contribution in [3.05, 3.63) is 168 Å². The summed E-state index contributed by atoms with van der Waals surface area (Å²) in [6, 6.07) is 54.7. The Kier molecular flexibility index (Phi) is 6.08. The van der Waals surface area contributed by atoms with E-state index in [0.717, 1.165) is 0 Å². The average Bonchev–Trinajstić information content (AvgIpc) is 3.31. The number of hydrogen-bond acceptors (Lipinski definition) is 0. The molecular formula is C47H36. The highest BCUT2D eigenvalue weighted by Gasteiger charge is 2.35. The molecule has 0 heterocycles. The fourth-order valence-corrected chi connectivity index (χ4v) is 8.44. The molecule has 0 heteroatoms. The topological polar surface area (TPSA) is 0 Å². The first-order chi connectivity index (χ1) is 22.9. The number of fused-ring (bicyclic) bond motifs is 6. The zero-order chi connectivity index (χ0) is 31.9. The second-order valence-electron chi connectivity index (χ2n) is 13.9. The maximum absolute atomic E-state index is 2.46. The van der Waals surface area contributed by atoms with E-state index in [9.17, 15) is 0 Å². The van der Waals surface area contributed by atoms with Crippen molar-refractivity contribution in [2.75, 3.05) is 0 Å². The van der Waals surface area contributed by atoms with Gasteiger partial charge in [0.15, 0.2) is 0 Å². The molecule has 1 aliphatic rings. The summed E-state index contributed by atoms with van der Waals surface area (Å²) < 4.78 is 0. The SMILES string of the molecule is Cc1cc(C)cc(-c2c3ccccc3c(-c3ccc4c(c3)-c3ccccc3C4(C)C)c3cc(-c4cccc5ccccc45)ccc23)c1. The quantitative estimate of drug-likeness (QED) is 0.177. The molecule has 0 saturated heterocycles. The minimum absolute atomic E-state index is 0.0248. The van der Waals surface area contributed by atoms with E-state index in [1.54, 1.807) is 0 Å². The van der Waals surface area contributed by atoms with Crippen molar-refractivity contribution in [1.29, 1.82) is 0 Å². The Bertz CT molecular complexity index is 2530. The predicted octanol–water partition coefficient (Wildman–Crippen LogP) is 13.1. The van der Waals surface area contributed by atoms with Crippen molar-refractivity contribution >= 4 is 32.3 Å². The highest BCUT2D eigenvalue weighted by molar-refractivity contribution is 6.22. The van der Waals surface area contributed by atoms with Crippen LogP contribution in [0.2, 0.25) is 0 Å². The van der Waals surface area contributed by atoms with E-state index >= 15 is 0 Å². The molecule has 8 aromatic rings. The van der Waals surface area contributed by atoms with E-state index in [2.05, 4.69) is 173 Å². The number of aryl methyl sites for hydroxylation is 2. The Morgan fingerprint density at radius 3 is 1.72 bits per heavy atom. The van der Waals surface area contributed by atoms with E-state index in [0.29, 0.717) is 0 Å². The molecule has 1 aliphatic carbocycles. The van der Waals surface area contributed by atoms with E-state index < -0.39 is 0 Å². The molecule has 0 radical (unpaired) electrons. The lowest BCUT2D eigenvalue weighted by Crippen LogP contribution is -2.14. The maximum Gasteiger partial charge on any atom is 0.0158 e. The Hall–Kier alpha value is -5.46. The van der Waals surface area contributed by atoms with Gasteiger partial charge in [-0.1, -0.05) is 158 Å². The molecule has 0 unspecified atom stereocenters. The van der Waals surface area contributed by atoms with Crippen LogP contribution in [-0.4, -0.2) is 0 Å². The molecule has 224 valence electrons. The van der Waals surface area contributed by atoms with E-state index in [4.69, 9.17) is 0 Å². The fourth-order valence-electron chi connectivity index (χ4n) is 8.44.